The molecule has 1 rings (SSSR count). The predicted octanol–water partition coefficient (Wildman–Crippen LogP) is 1.16. The Labute approximate surface area is 133 Å². The Kier molecular flexibility index (Phi) is 6.09. The monoisotopic (exact) mass is 350 g/mol. The summed E-state index contributed by atoms with van der Waals surface area (Å²) in [5.74, 6) is -0.656. The lowest BCUT2D eigenvalue weighted by Crippen LogP contribution is -2.36. The predicted molar refractivity (Wildman–Crippen MR) is 83.8 cm³/mol. The number of hydrogen-bond donors (Lipinski definition) is 1. The Morgan fingerprint density at radius 1 is 1.48 bits per heavy atom. The minimum atomic E-state index is -3.91. The van der Waals surface area contributed by atoms with Gasteiger partial charge in [-0.25, -0.2) is 8.42 Å². The van der Waals surface area contributed by atoms with E-state index in [4.69, 9.17) is 29.6 Å². The summed E-state index contributed by atoms with van der Waals surface area (Å²) in [6.07, 6.45) is 0. The number of esters is 1. The molecule has 6 nitrogen and oxygen atoms in total. The van der Waals surface area contributed by atoms with Gasteiger partial charge in [-0.2, -0.15) is 4.31 Å². The first-order valence-electron chi connectivity index (χ1n) is 5.90. The second-order valence-corrected chi connectivity index (χ2v) is 6.77. The van der Waals surface area contributed by atoms with Crippen molar-refractivity contribution in [2.24, 2.45) is 5.73 Å². The van der Waals surface area contributed by atoms with Crippen LogP contribution in [0, 0.1) is 0 Å². The molecule has 0 aromatic heterocycles. The molecule has 1 aromatic carbocycles. The van der Waals surface area contributed by atoms with Crippen molar-refractivity contribution in [2.75, 3.05) is 20.2 Å². The SMILES string of the molecule is CCN(CC(=O)OC)S(=O)(=O)c1ccc(C(N)=S)cc1Cl. The van der Waals surface area contributed by atoms with E-state index < -0.39 is 16.0 Å². The molecule has 0 aliphatic heterocycles. The molecule has 0 amide bonds. The first-order chi connectivity index (χ1) is 9.73. The fraction of sp³-hybridized carbons (Fsp3) is 0.333. The maximum Gasteiger partial charge on any atom is 0.321 e. The zero-order valence-electron chi connectivity index (χ0n) is 11.5. The molecular weight excluding hydrogens is 336 g/mol. The zero-order chi connectivity index (χ0) is 16.2. The highest BCUT2D eigenvalue weighted by molar-refractivity contribution is 7.89. The van der Waals surface area contributed by atoms with Crippen molar-refractivity contribution in [1.29, 1.82) is 0 Å². The van der Waals surface area contributed by atoms with E-state index in [0.29, 0.717) is 5.56 Å². The summed E-state index contributed by atoms with van der Waals surface area (Å²) in [4.78, 5) is 11.3. The van der Waals surface area contributed by atoms with Crippen LogP contribution in [0.25, 0.3) is 0 Å². The molecule has 0 saturated heterocycles. The van der Waals surface area contributed by atoms with E-state index in [2.05, 4.69) is 4.74 Å². The number of ether oxygens (including phenoxy) is 1. The summed E-state index contributed by atoms with van der Waals surface area (Å²) in [6.45, 7) is 1.32. The topological polar surface area (TPSA) is 89.7 Å². The van der Waals surface area contributed by atoms with Crippen LogP contribution in [-0.4, -0.2) is 43.9 Å². The highest BCUT2D eigenvalue weighted by Crippen LogP contribution is 2.25. The quantitative estimate of drug-likeness (QED) is 0.611. The standard InChI is InChI=1S/C12H15ClN2O4S2/c1-3-15(7-11(16)19-2)21(17,18)10-5-4-8(12(14)20)6-9(10)13/h4-6H,3,7H2,1-2H3,(H2,14,20). The van der Waals surface area contributed by atoms with Crippen LogP contribution in [-0.2, 0) is 19.6 Å². The number of rotatable bonds is 6. The number of thiocarbonyl (C=S) groups is 1. The molecule has 0 bridgehead atoms. The second kappa shape index (κ2) is 7.17. The summed E-state index contributed by atoms with van der Waals surface area (Å²) in [6, 6.07) is 4.15. The summed E-state index contributed by atoms with van der Waals surface area (Å²) < 4.78 is 30.4. The van der Waals surface area contributed by atoms with E-state index in [1.54, 1.807) is 6.92 Å². The largest absolute Gasteiger partial charge is 0.468 e. The van der Waals surface area contributed by atoms with Crippen molar-refractivity contribution in [3.05, 3.63) is 28.8 Å². The molecule has 1 aromatic rings. The number of nitrogens with two attached hydrogens (primary N) is 1. The van der Waals surface area contributed by atoms with Gasteiger partial charge in [0.1, 0.15) is 16.4 Å². The van der Waals surface area contributed by atoms with Gasteiger partial charge in [0.25, 0.3) is 0 Å². The van der Waals surface area contributed by atoms with Crippen molar-refractivity contribution >= 4 is 44.8 Å². The lowest BCUT2D eigenvalue weighted by atomic mass is 10.2. The highest BCUT2D eigenvalue weighted by atomic mass is 35.5. The third-order valence-corrected chi connectivity index (χ3v) is 5.36. The van der Waals surface area contributed by atoms with Gasteiger partial charge in [-0.3, -0.25) is 4.79 Å². The van der Waals surface area contributed by atoms with Crippen LogP contribution in [0.5, 0.6) is 0 Å². The molecule has 116 valence electrons. The zero-order valence-corrected chi connectivity index (χ0v) is 13.9. The molecule has 0 aliphatic rings. The Morgan fingerprint density at radius 2 is 2.10 bits per heavy atom. The van der Waals surface area contributed by atoms with Gasteiger partial charge < -0.3 is 10.5 Å². The minimum absolute atomic E-state index is 0.0105. The first kappa shape index (κ1) is 17.8. The van der Waals surface area contributed by atoms with E-state index in [1.807, 2.05) is 0 Å². The Bertz CT molecular complexity index is 661. The molecule has 9 heteroatoms. The lowest BCUT2D eigenvalue weighted by molar-refractivity contribution is -0.140. The highest BCUT2D eigenvalue weighted by Gasteiger charge is 2.27. The van der Waals surface area contributed by atoms with Crippen molar-refractivity contribution in [2.45, 2.75) is 11.8 Å². The number of benzene rings is 1. The number of nitrogens with zero attached hydrogens (tertiary/aromatic N) is 1. The molecule has 0 spiro atoms. The third kappa shape index (κ3) is 4.13. The normalized spacial score (nSPS) is 11.4. The van der Waals surface area contributed by atoms with Crippen molar-refractivity contribution in [3.8, 4) is 0 Å². The molecule has 0 saturated carbocycles. The molecular formula is C12H15ClN2O4S2. The van der Waals surface area contributed by atoms with Gasteiger partial charge in [0.2, 0.25) is 10.0 Å². The Morgan fingerprint density at radius 3 is 2.52 bits per heavy atom. The summed E-state index contributed by atoms with van der Waals surface area (Å²) in [5.41, 5.74) is 5.93. The van der Waals surface area contributed by atoms with Crippen LogP contribution < -0.4 is 5.73 Å². The molecule has 0 heterocycles. The van der Waals surface area contributed by atoms with Gasteiger partial charge >= 0.3 is 5.97 Å². The van der Waals surface area contributed by atoms with E-state index in [9.17, 15) is 13.2 Å². The number of sulfonamides is 1. The van der Waals surface area contributed by atoms with E-state index >= 15 is 0 Å². The van der Waals surface area contributed by atoms with E-state index in [1.165, 1.54) is 25.3 Å². The number of likely N-dealkylation sites (N-methyl/N-ethyl adjacent to an activating group) is 1. The van der Waals surface area contributed by atoms with Gasteiger partial charge in [0.05, 0.1) is 12.1 Å². The van der Waals surface area contributed by atoms with Gasteiger partial charge in [-0.1, -0.05) is 36.8 Å². The number of hydrogen-bond acceptors (Lipinski definition) is 5. The molecule has 2 N–H and O–H groups in total. The molecule has 0 fully saturated rings. The fourth-order valence-electron chi connectivity index (χ4n) is 1.58. The lowest BCUT2D eigenvalue weighted by Gasteiger charge is -2.20. The van der Waals surface area contributed by atoms with Crippen LogP contribution >= 0.6 is 23.8 Å². The van der Waals surface area contributed by atoms with Crippen molar-refractivity contribution in [1.82, 2.24) is 4.31 Å². The number of carbonyl (C=O) groups excluding carboxylic acids is 1. The van der Waals surface area contributed by atoms with E-state index in [-0.39, 0.29) is 28.0 Å². The van der Waals surface area contributed by atoms with Crippen LogP contribution in [0.15, 0.2) is 23.1 Å². The van der Waals surface area contributed by atoms with E-state index in [0.717, 1.165) is 4.31 Å². The molecule has 0 unspecified atom stereocenters. The Balaban J connectivity index is 3.23. The first-order valence-corrected chi connectivity index (χ1v) is 8.13. The summed E-state index contributed by atoms with van der Waals surface area (Å²) in [7, 11) is -2.73. The molecule has 0 atom stereocenters. The van der Waals surface area contributed by atoms with Gasteiger partial charge in [-0.05, 0) is 12.1 Å². The van der Waals surface area contributed by atoms with Crippen molar-refractivity contribution < 1.29 is 17.9 Å². The Hall–Kier alpha value is -1.22. The van der Waals surface area contributed by atoms with Crippen LogP contribution in [0.3, 0.4) is 0 Å². The van der Waals surface area contributed by atoms with Gasteiger partial charge in [-0.15, -0.1) is 0 Å². The second-order valence-electron chi connectivity index (χ2n) is 4.02. The summed E-state index contributed by atoms with van der Waals surface area (Å²) >= 11 is 10.8. The van der Waals surface area contributed by atoms with Crippen LogP contribution in [0.1, 0.15) is 12.5 Å². The minimum Gasteiger partial charge on any atom is -0.468 e. The smallest absolute Gasteiger partial charge is 0.321 e. The number of halogens is 1. The number of methoxy groups -OCH3 is 1. The molecule has 0 radical (unpaired) electrons. The van der Waals surface area contributed by atoms with Crippen LogP contribution in [0.4, 0.5) is 0 Å². The average Bonchev–Trinajstić information content (AvgIpc) is 2.43. The average molecular weight is 351 g/mol. The third-order valence-electron chi connectivity index (χ3n) is 2.72. The van der Waals surface area contributed by atoms with Crippen molar-refractivity contribution in [3.63, 3.8) is 0 Å². The number of carbonyl (C=O) groups is 1. The maximum atomic E-state index is 12.5. The van der Waals surface area contributed by atoms with Gasteiger partial charge in [0.15, 0.2) is 0 Å². The maximum absolute atomic E-state index is 12.5. The van der Waals surface area contributed by atoms with Crippen LogP contribution in [0.2, 0.25) is 5.02 Å². The summed E-state index contributed by atoms with van der Waals surface area (Å²) in [5, 5.41) is -0.0105. The van der Waals surface area contributed by atoms with Gasteiger partial charge in [0, 0.05) is 12.1 Å². The fourth-order valence-corrected chi connectivity index (χ4v) is 3.62. The molecule has 0 aliphatic carbocycles. The molecule has 21 heavy (non-hydrogen) atoms.